The fourth-order valence-corrected chi connectivity index (χ4v) is 2.83. The highest BCUT2D eigenvalue weighted by Crippen LogP contribution is 2.19. The average Bonchev–Trinajstić information content (AvgIpc) is 2.44. The predicted molar refractivity (Wildman–Crippen MR) is 85.4 cm³/mol. The minimum absolute atomic E-state index is 0.105. The van der Waals surface area contributed by atoms with Gasteiger partial charge < -0.3 is 5.32 Å². The zero-order chi connectivity index (χ0) is 15.2. The Morgan fingerprint density at radius 3 is 2.43 bits per heavy atom. The molecule has 1 N–H and O–H groups in total. The first-order valence-electron chi connectivity index (χ1n) is 7.01. The van der Waals surface area contributed by atoms with Crippen molar-refractivity contribution in [2.75, 3.05) is 6.54 Å². The van der Waals surface area contributed by atoms with Crippen molar-refractivity contribution < 1.29 is 8.78 Å². The zero-order valence-electron chi connectivity index (χ0n) is 11.9. The molecule has 2 aromatic carbocycles. The van der Waals surface area contributed by atoms with Gasteiger partial charge in [-0.3, -0.25) is 0 Å². The normalized spacial score (nSPS) is 12.4. The summed E-state index contributed by atoms with van der Waals surface area (Å²) in [6, 6.07) is 11.9. The molecule has 21 heavy (non-hydrogen) atoms. The van der Waals surface area contributed by atoms with E-state index in [1.54, 1.807) is 0 Å². The minimum atomic E-state index is -0.540. The Balaban J connectivity index is 2.14. The van der Waals surface area contributed by atoms with E-state index in [1.807, 2.05) is 25.1 Å². The summed E-state index contributed by atoms with van der Waals surface area (Å²) < 4.78 is 27.8. The van der Waals surface area contributed by atoms with Crippen molar-refractivity contribution in [1.29, 1.82) is 0 Å². The third-order valence-corrected chi connectivity index (χ3v) is 4.17. The van der Waals surface area contributed by atoms with E-state index in [2.05, 4.69) is 27.3 Å². The smallest absolute Gasteiger partial charge is 0.129 e. The van der Waals surface area contributed by atoms with Crippen LogP contribution >= 0.6 is 15.9 Å². The van der Waals surface area contributed by atoms with Gasteiger partial charge in [0, 0.05) is 16.6 Å². The molecular weight excluding hydrogens is 336 g/mol. The van der Waals surface area contributed by atoms with E-state index in [1.165, 1.54) is 17.7 Å². The molecule has 0 bridgehead atoms. The summed E-state index contributed by atoms with van der Waals surface area (Å²) in [6.07, 6.45) is 1.31. The van der Waals surface area contributed by atoms with Crippen LogP contribution in [0.15, 0.2) is 46.9 Å². The molecule has 4 heteroatoms. The van der Waals surface area contributed by atoms with E-state index in [9.17, 15) is 8.78 Å². The third kappa shape index (κ3) is 4.61. The van der Waals surface area contributed by atoms with Crippen LogP contribution < -0.4 is 5.32 Å². The quantitative estimate of drug-likeness (QED) is 0.806. The third-order valence-electron chi connectivity index (χ3n) is 3.40. The van der Waals surface area contributed by atoms with Crippen molar-refractivity contribution in [3.8, 4) is 0 Å². The Kier molecular flexibility index (Phi) is 5.88. The summed E-state index contributed by atoms with van der Waals surface area (Å²) in [5.74, 6) is -1.02. The van der Waals surface area contributed by atoms with Gasteiger partial charge in [0.25, 0.3) is 0 Å². The Bertz CT molecular complexity index is 601. The molecule has 0 heterocycles. The number of nitrogens with one attached hydrogen (secondary N) is 1. The molecule has 0 saturated heterocycles. The lowest BCUT2D eigenvalue weighted by atomic mass is 9.98. The first kappa shape index (κ1) is 16.1. The van der Waals surface area contributed by atoms with Crippen LogP contribution in [0.5, 0.6) is 0 Å². The highest BCUT2D eigenvalue weighted by atomic mass is 79.9. The summed E-state index contributed by atoms with van der Waals surface area (Å²) in [7, 11) is 0. The lowest BCUT2D eigenvalue weighted by molar-refractivity contribution is 0.501. The Morgan fingerprint density at radius 2 is 1.76 bits per heavy atom. The van der Waals surface area contributed by atoms with Crippen molar-refractivity contribution in [3.63, 3.8) is 0 Å². The Labute approximate surface area is 132 Å². The van der Waals surface area contributed by atoms with Gasteiger partial charge in [0.05, 0.1) is 0 Å². The van der Waals surface area contributed by atoms with E-state index in [-0.39, 0.29) is 6.04 Å². The molecule has 112 valence electrons. The van der Waals surface area contributed by atoms with Crippen LogP contribution in [0.4, 0.5) is 8.78 Å². The number of benzene rings is 2. The molecule has 1 atom stereocenters. The largest absolute Gasteiger partial charge is 0.314 e. The molecule has 0 aliphatic rings. The minimum Gasteiger partial charge on any atom is -0.314 e. The van der Waals surface area contributed by atoms with Crippen LogP contribution in [-0.2, 0) is 12.8 Å². The molecular formula is C17H18BrF2N. The lowest BCUT2D eigenvalue weighted by Crippen LogP contribution is -2.33. The summed E-state index contributed by atoms with van der Waals surface area (Å²) in [5.41, 5.74) is 1.71. The molecule has 0 aliphatic carbocycles. The summed E-state index contributed by atoms with van der Waals surface area (Å²) in [4.78, 5) is 0. The Hall–Kier alpha value is -1.26. The van der Waals surface area contributed by atoms with Gasteiger partial charge in [0.1, 0.15) is 11.6 Å². The van der Waals surface area contributed by atoms with Gasteiger partial charge in [0.15, 0.2) is 0 Å². The van der Waals surface area contributed by atoms with E-state index in [0.29, 0.717) is 12.0 Å². The number of rotatable bonds is 6. The lowest BCUT2D eigenvalue weighted by Gasteiger charge is -2.19. The number of hydrogen-bond donors (Lipinski definition) is 1. The van der Waals surface area contributed by atoms with Gasteiger partial charge in [-0.15, -0.1) is 0 Å². The van der Waals surface area contributed by atoms with Crippen molar-refractivity contribution in [3.05, 3.63) is 69.7 Å². The first-order valence-corrected chi connectivity index (χ1v) is 7.80. The van der Waals surface area contributed by atoms with E-state index in [4.69, 9.17) is 0 Å². The van der Waals surface area contributed by atoms with E-state index >= 15 is 0 Å². The standard InChI is InChI=1S/C17H18BrF2N/c1-2-21-15(9-12-5-3-4-6-16(12)18)10-13-7-8-14(19)11-17(13)20/h3-8,11,15,21H,2,9-10H2,1H3. The van der Waals surface area contributed by atoms with Gasteiger partial charge >= 0.3 is 0 Å². The van der Waals surface area contributed by atoms with Gasteiger partial charge in [0.2, 0.25) is 0 Å². The molecule has 0 aliphatic heterocycles. The van der Waals surface area contributed by atoms with Gasteiger partial charge in [-0.05, 0) is 42.6 Å². The molecule has 0 spiro atoms. The second-order valence-electron chi connectivity index (χ2n) is 4.99. The molecule has 0 radical (unpaired) electrons. The van der Waals surface area contributed by atoms with Crippen LogP contribution in [0.25, 0.3) is 0 Å². The molecule has 1 nitrogen and oxygen atoms in total. The highest BCUT2D eigenvalue weighted by molar-refractivity contribution is 9.10. The summed E-state index contributed by atoms with van der Waals surface area (Å²) >= 11 is 3.53. The van der Waals surface area contributed by atoms with Gasteiger partial charge in [-0.25, -0.2) is 8.78 Å². The van der Waals surface area contributed by atoms with E-state index < -0.39 is 11.6 Å². The van der Waals surface area contributed by atoms with Crippen molar-refractivity contribution in [2.24, 2.45) is 0 Å². The van der Waals surface area contributed by atoms with Gasteiger partial charge in [-0.1, -0.05) is 47.1 Å². The highest BCUT2D eigenvalue weighted by Gasteiger charge is 2.14. The molecule has 0 saturated carbocycles. The molecule has 2 aromatic rings. The van der Waals surface area contributed by atoms with Crippen LogP contribution in [-0.4, -0.2) is 12.6 Å². The fourth-order valence-electron chi connectivity index (χ4n) is 2.39. The number of hydrogen-bond acceptors (Lipinski definition) is 1. The molecule has 2 rings (SSSR count). The van der Waals surface area contributed by atoms with Crippen LogP contribution in [0.1, 0.15) is 18.1 Å². The second-order valence-corrected chi connectivity index (χ2v) is 5.84. The SMILES string of the molecule is CCNC(Cc1ccc(F)cc1F)Cc1ccccc1Br. The monoisotopic (exact) mass is 353 g/mol. The number of likely N-dealkylation sites (N-methyl/N-ethyl adjacent to an activating group) is 1. The molecule has 0 fully saturated rings. The maximum atomic E-state index is 13.8. The fraction of sp³-hybridized carbons (Fsp3) is 0.294. The molecule has 1 unspecified atom stereocenters. The maximum Gasteiger partial charge on any atom is 0.129 e. The van der Waals surface area contributed by atoms with Gasteiger partial charge in [-0.2, -0.15) is 0 Å². The van der Waals surface area contributed by atoms with Crippen molar-refractivity contribution >= 4 is 15.9 Å². The zero-order valence-corrected chi connectivity index (χ0v) is 13.5. The average molecular weight is 354 g/mol. The number of halogens is 3. The van der Waals surface area contributed by atoms with Crippen molar-refractivity contribution in [2.45, 2.75) is 25.8 Å². The summed E-state index contributed by atoms with van der Waals surface area (Å²) in [5, 5.41) is 3.37. The second kappa shape index (κ2) is 7.66. The van der Waals surface area contributed by atoms with Crippen LogP contribution in [0.3, 0.4) is 0 Å². The van der Waals surface area contributed by atoms with E-state index in [0.717, 1.165) is 23.5 Å². The predicted octanol–water partition coefficient (Wildman–Crippen LogP) is 4.49. The Morgan fingerprint density at radius 1 is 1.05 bits per heavy atom. The summed E-state index contributed by atoms with van der Waals surface area (Å²) in [6.45, 7) is 2.83. The van der Waals surface area contributed by atoms with Crippen LogP contribution in [0.2, 0.25) is 0 Å². The molecule has 0 aromatic heterocycles. The first-order chi connectivity index (χ1) is 10.1. The maximum absolute atomic E-state index is 13.8. The topological polar surface area (TPSA) is 12.0 Å². The van der Waals surface area contributed by atoms with Crippen molar-refractivity contribution in [1.82, 2.24) is 5.32 Å². The molecule has 0 amide bonds. The van der Waals surface area contributed by atoms with Crippen LogP contribution in [0, 0.1) is 11.6 Å².